The zero-order valence-electron chi connectivity index (χ0n) is 13.1. The van der Waals surface area contributed by atoms with Gasteiger partial charge < -0.3 is 5.32 Å². The Hall–Kier alpha value is -1.60. The van der Waals surface area contributed by atoms with Crippen LogP contribution in [0.5, 0.6) is 0 Å². The van der Waals surface area contributed by atoms with E-state index in [0.29, 0.717) is 6.04 Å². The van der Waals surface area contributed by atoms with E-state index in [0.717, 1.165) is 12.3 Å². The number of likely N-dealkylation sites (N-methyl/N-ethyl adjacent to an activating group) is 1. The molecule has 0 spiro atoms. The quantitative estimate of drug-likeness (QED) is 0.831. The molecular weight excluding hydrogens is 254 g/mol. The molecule has 21 heavy (non-hydrogen) atoms. The molecule has 0 bridgehead atoms. The lowest BCUT2D eigenvalue weighted by Crippen LogP contribution is -2.20. The fourth-order valence-corrected chi connectivity index (χ4v) is 3.22. The molecule has 1 nitrogen and oxygen atoms in total. The predicted molar refractivity (Wildman–Crippen MR) is 89.7 cm³/mol. The third-order valence-corrected chi connectivity index (χ3v) is 4.92. The highest BCUT2D eigenvalue weighted by atomic mass is 14.9. The lowest BCUT2D eigenvalue weighted by atomic mass is 9.79. The maximum absolute atomic E-state index is 3.50. The second kappa shape index (κ2) is 6.44. The molecule has 2 aromatic rings. The first kappa shape index (κ1) is 14.3. The van der Waals surface area contributed by atoms with E-state index in [4.69, 9.17) is 0 Å². The Bertz CT molecular complexity index is 598. The minimum Gasteiger partial charge on any atom is -0.313 e. The van der Waals surface area contributed by atoms with E-state index in [9.17, 15) is 0 Å². The number of benzene rings is 2. The summed E-state index contributed by atoms with van der Waals surface area (Å²) in [6, 6.07) is 18.3. The number of hydrogen-bond donors (Lipinski definition) is 1. The van der Waals surface area contributed by atoms with Crippen molar-refractivity contribution in [2.45, 2.75) is 44.6 Å². The van der Waals surface area contributed by atoms with Crippen LogP contribution in [0.2, 0.25) is 0 Å². The smallest absolute Gasteiger partial charge is 0.0358 e. The zero-order valence-corrected chi connectivity index (χ0v) is 13.1. The fraction of sp³-hybridized carbons (Fsp3) is 0.400. The van der Waals surface area contributed by atoms with Gasteiger partial charge in [0.05, 0.1) is 0 Å². The second-order valence-corrected chi connectivity index (χ2v) is 6.27. The molecule has 0 amide bonds. The molecule has 1 heteroatoms. The van der Waals surface area contributed by atoms with Gasteiger partial charge in [-0.25, -0.2) is 0 Å². The predicted octanol–water partition coefficient (Wildman–Crippen LogP) is 4.77. The Morgan fingerprint density at radius 1 is 1.10 bits per heavy atom. The molecule has 2 aromatic carbocycles. The Balaban J connectivity index is 1.81. The molecule has 1 N–H and O–H groups in total. The van der Waals surface area contributed by atoms with Crippen LogP contribution in [-0.2, 0) is 6.42 Å². The SMILES string of the molecule is CNC(Cc1ccccc1C)c1cccc(C2CCC2)c1. The third-order valence-electron chi connectivity index (χ3n) is 4.92. The first-order valence-electron chi connectivity index (χ1n) is 8.09. The van der Waals surface area contributed by atoms with Crippen LogP contribution >= 0.6 is 0 Å². The van der Waals surface area contributed by atoms with Gasteiger partial charge in [-0.15, -0.1) is 0 Å². The highest BCUT2D eigenvalue weighted by Crippen LogP contribution is 2.37. The van der Waals surface area contributed by atoms with E-state index in [1.165, 1.54) is 41.5 Å². The molecule has 3 rings (SSSR count). The lowest BCUT2D eigenvalue weighted by molar-refractivity contribution is 0.419. The van der Waals surface area contributed by atoms with Gasteiger partial charge in [0.25, 0.3) is 0 Å². The van der Waals surface area contributed by atoms with Gasteiger partial charge in [0.1, 0.15) is 0 Å². The van der Waals surface area contributed by atoms with Gasteiger partial charge in [-0.05, 0) is 61.4 Å². The van der Waals surface area contributed by atoms with Crippen molar-refractivity contribution in [3.05, 3.63) is 70.8 Å². The van der Waals surface area contributed by atoms with Gasteiger partial charge in [-0.3, -0.25) is 0 Å². The molecule has 110 valence electrons. The van der Waals surface area contributed by atoms with E-state index in [1.807, 2.05) is 0 Å². The van der Waals surface area contributed by atoms with E-state index in [2.05, 4.69) is 67.8 Å². The van der Waals surface area contributed by atoms with Crippen molar-refractivity contribution in [3.8, 4) is 0 Å². The maximum atomic E-state index is 3.50. The van der Waals surface area contributed by atoms with Crippen molar-refractivity contribution in [1.82, 2.24) is 5.32 Å². The van der Waals surface area contributed by atoms with Crippen LogP contribution in [0.1, 0.15) is 53.5 Å². The van der Waals surface area contributed by atoms with Crippen molar-refractivity contribution in [2.75, 3.05) is 7.05 Å². The van der Waals surface area contributed by atoms with Gasteiger partial charge in [0, 0.05) is 6.04 Å². The average Bonchev–Trinajstić information content (AvgIpc) is 2.45. The number of nitrogens with one attached hydrogen (secondary N) is 1. The number of aryl methyl sites for hydroxylation is 1. The molecule has 1 unspecified atom stereocenters. The van der Waals surface area contributed by atoms with Crippen LogP contribution in [0, 0.1) is 6.92 Å². The summed E-state index contributed by atoms with van der Waals surface area (Å²) in [6.45, 7) is 2.20. The summed E-state index contributed by atoms with van der Waals surface area (Å²) in [4.78, 5) is 0. The molecule has 0 radical (unpaired) electrons. The van der Waals surface area contributed by atoms with Crippen molar-refractivity contribution < 1.29 is 0 Å². The molecule has 0 aliphatic heterocycles. The molecule has 0 heterocycles. The van der Waals surface area contributed by atoms with E-state index < -0.39 is 0 Å². The van der Waals surface area contributed by atoms with Gasteiger partial charge in [-0.1, -0.05) is 55.0 Å². The summed E-state index contributed by atoms with van der Waals surface area (Å²) >= 11 is 0. The van der Waals surface area contributed by atoms with Gasteiger partial charge in [0.2, 0.25) is 0 Å². The van der Waals surface area contributed by atoms with E-state index in [-0.39, 0.29) is 0 Å². The van der Waals surface area contributed by atoms with E-state index in [1.54, 1.807) is 0 Å². The minimum atomic E-state index is 0.395. The van der Waals surface area contributed by atoms with Crippen LogP contribution in [-0.4, -0.2) is 7.05 Å². The van der Waals surface area contributed by atoms with Gasteiger partial charge >= 0.3 is 0 Å². The average molecular weight is 279 g/mol. The maximum Gasteiger partial charge on any atom is 0.0358 e. The van der Waals surface area contributed by atoms with Crippen LogP contribution in [0.25, 0.3) is 0 Å². The Morgan fingerprint density at radius 2 is 1.90 bits per heavy atom. The van der Waals surface area contributed by atoms with Crippen molar-refractivity contribution in [3.63, 3.8) is 0 Å². The Kier molecular flexibility index (Phi) is 4.40. The molecule has 1 saturated carbocycles. The number of rotatable bonds is 5. The highest BCUT2D eigenvalue weighted by molar-refractivity contribution is 5.33. The molecule has 1 fully saturated rings. The Labute approximate surface area is 128 Å². The molecule has 1 atom stereocenters. The summed E-state index contributed by atoms with van der Waals surface area (Å²) in [5, 5.41) is 3.50. The molecule has 0 saturated heterocycles. The van der Waals surface area contributed by atoms with Crippen LogP contribution in [0.15, 0.2) is 48.5 Å². The number of hydrogen-bond acceptors (Lipinski definition) is 1. The van der Waals surface area contributed by atoms with E-state index >= 15 is 0 Å². The highest BCUT2D eigenvalue weighted by Gasteiger charge is 2.20. The first-order chi connectivity index (χ1) is 10.3. The first-order valence-corrected chi connectivity index (χ1v) is 8.09. The van der Waals surface area contributed by atoms with Gasteiger partial charge in [0.15, 0.2) is 0 Å². The third kappa shape index (κ3) is 3.19. The monoisotopic (exact) mass is 279 g/mol. The summed E-state index contributed by atoms with van der Waals surface area (Å²) in [5.74, 6) is 0.806. The molecule has 1 aliphatic carbocycles. The molecular formula is C20H25N. The summed E-state index contributed by atoms with van der Waals surface area (Å²) in [6.07, 6.45) is 5.18. The normalized spacial score (nSPS) is 16.5. The largest absolute Gasteiger partial charge is 0.313 e. The standard InChI is InChI=1S/C20H25N/c1-15-7-3-4-8-17(15)14-20(21-2)19-12-6-11-18(13-19)16-9-5-10-16/h3-4,6-8,11-13,16,20-21H,5,9-10,14H2,1-2H3. The zero-order chi connectivity index (χ0) is 14.7. The van der Waals surface area contributed by atoms with Crippen LogP contribution in [0.3, 0.4) is 0 Å². The topological polar surface area (TPSA) is 12.0 Å². The van der Waals surface area contributed by atoms with Crippen molar-refractivity contribution in [2.24, 2.45) is 0 Å². The summed E-state index contributed by atoms with van der Waals surface area (Å²) in [5.41, 5.74) is 5.77. The fourth-order valence-electron chi connectivity index (χ4n) is 3.22. The summed E-state index contributed by atoms with van der Waals surface area (Å²) < 4.78 is 0. The van der Waals surface area contributed by atoms with Crippen LogP contribution in [0.4, 0.5) is 0 Å². The van der Waals surface area contributed by atoms with Crippen LogP contribution < -0.4 is 5.32 Å². The lowest BCUT2D eigenvalue weighted by Gasteiger charge is -2.27. The Morgan fingerprint density at radius 3 is 2.57 bits per heavy atom. The van der Waals surface area contributed by atoms with Gasteiger partial charge in [-0.2, -0.15) is 0 Å². The van der Waals surface area contributed by atoms with Crippen molar-refractivity contribution in [1.29, 1.82) is 0 Å². The van der Waals surface area contributed by atoms with Crippen molar-refractivity contribution >= 4 is 0 Å². The second-order valence-electron chi connectivity index (χ2n) is 6.27. The molecule has 0 aromatic heterocycles. The summed E-state index contributed by atoms with van der Waals surface area (Å²) in [7, 11) is 2.07. The molecule has 1 aliphatic rings. The minimum absolute atomic E-state index is 0.395.